The van der Waals surface area contributed by atoms with Crippen molar-refractivity contribution in [1.82, 2.24) is 20.2 Å². The molecule has 1 amide bonds. The fraction of sp³-hybridized carbons (Fsp3) is 0.176. The van der Waals surface area contributed by atoms with Crippen molar-refractivity contribution in [2.45, 2.75) is 12.1 Å². The Morgan fingerprint density at radius 1 is 1.19 bits per heavy atom. The van der Waals surface area contributed by atoms with Gasteiger partial charge in [0.2, 0.25) is 11.1 Å². The van der Waals surface area contributed by atoms with Gasteiger partial charge in [0.25, 0.3) is 0 Å². The number of nitrogens with zero attached hydrogens (tertiary/aromatic N) is 4. The van der Waals surface area contributed by atoms with Crippen molar-refractivity contribution in [2.75, 3.05) is 17.7 Å². The molecular formula is C17H15Cl2N5O2S. The van der Waals surface area contributed by atoms with Crippen LogP contribution in [0.25, 0.3) is 5.69 Å². The van der Waals surface area contributed by atoms with Crippen LogP contribution in [0.15, 0.2) is 47.6 Å². The first kappa shape index (κ1) is 19.5. The van der Waals surface area contributed by atoms with E-state index in [0.717, 1.165) is 0 Å². The molecule has 1 N–H and O–H groups in total. The van der Waals surface area contributed by atoms with Gasteiger partial charge in [0.05, 0.1) is 28.1 Å². The summed E-state index contributed by atoms with van der Waals surface area (Å²) in [5.41, 5.74) is 1.08. The highest BCUT2D eigenvalue weighted by molar-refractivity contribution is 7.99. The van der Waals surface area contributed by atoms with Gasteiger partial charge in [-0.15, -0.1) is 5.10 Å². The maximum absolute atomic E-state index is 12.3. The van der Waals surface area contributed by atoms with Crippen molar-refractivity contribution in [3.05, 3.63) is 52.5 Å². The van der Waals surface area contributed by atoms with E-state index >= 15 is 0 Å². The molecule has 3 aromatic rings. The minimum absolute atomic E-state index is 0.0821. The first-order chi connectivity index (χ1) is 13.1. The number of benzene rings is 2. The van der Waals surface area contributed by atoms with Crippen LogP contribution >= 0.6 is 35.0 Å². The molecule has 0 radical (unpaired) electrons. The molecular weight excluding hydrogens is 409 g/mol. The zero-order valence-corrected chi connectivity index (χ0v) is 16.6. The molecule has 0 saturated heterocycles. The number of ether oxygens (including phenoxy) is 1. The number of amides is 1. The molecule has 0 spiro atoms. The van der Waals surface area contributed by atoms with Crippen molar-refractivity contribution in [2.24, 2.45) is 0 Å². The highest BCUT2D eigenvalue weighted by atomic mass is 35.5. The second-order valence-corrected chi connectivity index (χ2v) is 6.96. The Labute approximate surface area is 170 Å². The molecule has 1 heterocycles. The zero-order valence-electron chi connectivity index (χ0n) is 14.2. The highest BCUT2D eigenvalue weighted by Gasteiger charge is 2.16. The highest BCUT2D eigenvalue weighted by Crippen LogP contribution is 2.30. The number of para-hydroxylation sites is 3. The number of hydrogen-bond acceptors (Lipinski definition) is 6. The Hall–Kier alpha value is -2.29. The molecule has 140 valence electrons. The third-order valence-corrected chi connectivity index (χ3v) is 4.94. The average Bonchev–Trinajstić information content (AvgIpc) is 3.12. The van der Waals surface area contributed by atoms with E-state index < -0.39 is 0 Å². The Bertz CT molecular complexity index is 930. The third-order valence-electron chi connectivity index (χ3n) is 3.39. The van der Waals surface area contributed by atoms with Crippen LogP contribution < -0.4 is 10.1 Å². The second kappa shape index (κ2) is 9.07. The summed E-state index contributed by atoms with van der Waals surface area (Å²) in [6, 6.07) is 12.4. The summed E-state index contributed by atoms with van der Waals surface area (Å²) in [6.45, 7) is 2.42. The molecule has 2 aromatic carbocycles. The van der Waals surface area contributed by atoms with Gasteiger partial charge in [-0.3, -0.25) is 4.79 Å². The molecule has 0 saturated carbocycles. The number of nitrogens with one attached hydrogen (secondary N) is 1. The predicted octanol–water partition coefficient (Wildman–Crippen LogP) is 4.10. The number of carbonyl (C=O) groups excluding carboxylic acids is 1. The standard InChI is InChI=1S/C17H15Cl2N5O2S/c1-2-26-14-9-4-3-8-13(14)24-17(21-22-23-24)27-10-15(25)20-16-11(18)6-5-7-12(16)19/h3-9H,2,10H2,1H3,(H,20,25). The molecule has 0 unspecified atom stereocenters. The van der Waals surface area contributed by atoms with Crippen LogP contribution in [0.3, 0.4) is 0 Å². The molecule has 27 heavy (non-hydrogen) atoms. The molecule has 0 atom stereocenters. The van der Waals surface area contributed by atoms with E-state index in [1.807, 2.05) is 31.2 Å². The number of halogens is 2. The van der Waals surface area contributed by atoms with Crippen molar-refractivity contribution in [3.8, 4) is 11.4 Å². The molecule has 0 aliphatic carbocycles. The normalized spacial score (nSPS) is 10.6. The lowest BCUT2D eigenvalue weighted by Crippen LogP contribution is -2.15. The van der Waals surface area contributed by atoms with Gasteiger partial charge in [0.15, 0.2) is 0 Å². The number of carbonyl (C=O) groups is 1. The number of hydrogen-bond donors (Lipinski definition) is 1. The summed E-state index contributed by atoms with van der Waals surface area (Å²) in [5.74, 6) is 0.461. The SMILES string of the molecule is CCOc1ccccc1-n1nnnc1SCC(=O)Nc1c(Cl)cccc1Cl. The van der Waals surface area contributed by atoms with E-state index in [2.05, 4.69) is 20.8 Å². The number of anilines is 1. The fourth-order valence-electron chi connectivity index (χ4n) is 2.25. The lowest BCUT2D eigenvalue weighted by molar-refractivity contribution is -0.113. The third kappa shape index (κ3) is 4.71. The van der Waals surface area contributed by atoms with Gasteiger partial charge in [-0.05, 0) is 41.6 Å². The monoisotopic (exact) mass is 423 g/mol. The molecule has 0 aliphatic heterocycles. The topological polar surface area (TPSA) is 81.9 Å². The van der Waals surface area contributed by atoms with E-state index in [9.17, 15) is 4.79 Å². The van der Waals surface area contributed by atoms with Crippen molar-refractivity contribution >= 4 is 46.6 Å². The van der Waals surface area contributed by atoms with E-state index in [4.69, 9.17) is 27.9 Å². The van der Waals surface area contributed by atoms with Gasteiger partial charge in [0.1, 0.15) is 11.4 Å². The van der Waals surface area contributed by atoms with Crippen LogP contribution in [-0.2, 0) is 4.79 Å². The van der Waals surface area contributed by atoms with Crippen molar-refractivity contribution < 1.29 is 9.53 Å². The number of rotatable bonds is 7. The fourth-order valence-corrected chi connectivity index (χ4v) is 3.43. The van der Waals surface area contributed by atoms with Gasteiger partial charge in [-0.25, -0.2) is 0 Å². The first-order valence-corrected chi connectivity index (χ1v) is 9.71. The summed E-state index contributed by atoms with van der Waals surface area (Å²) >= 11 is 13.3. The molecule has 0 bridgehead atoms. The summed E-state index contributed by atoms with van der Waals surface area (Å²) in [4.78, 5) is 12.3. The average molecular weight is 424 g/mol. The van der Waals surface area contributed by atoms with E-state index in [1.54, 1.807) is 18.2 Å². The van der Waals surface area contributed by atoms with Gasteiger partial charge in [0, 0.05) is 0 Å². The Morgan fingerprint density at radius 2 is 1.93 bits per heavy atom. The summed E-state index contributed by atoms with van der Waals surface area (Å²) in [7, 11) is 0. The van der Waals surface area contributed by atoms with Crippen LogP contribution in [0.4, 0.5) is 5.69 Å². The van der Waals surface area contributed by atoms with Crippen molar-refractivity contribution in [3.63, 3.8) is 0 Å². The zero-order chi connectivity index (χ0) is 19.2. The van der Waals surface area contributed by atoms with Gasteiger partial charge in [-0.1, -0.05) is 53.2 Å². The summed E-state index contributed by atoms with van der Waals surface area (Å²) in [5, 5.41) is 15.6. The molecule has 0 aliphatic rings. The van der Waals surface area contributed by atoms with E-state index in [0.29, 0.717) is 38.9 Å². The molecule has 1 aromatic heterocycles. The van der Waals surface area contributed by atoms with Gasteiger partial charge >= 0.3 is 0 Å². The Balaban J connectivity index is 1.72. The van der Waals surface area contributed by atoms with E-state index in [1.165, 1.54) is 16.4 Å². The number of thioether (sulfide) groups is 1. The van der Waals surface area contributed by atoms with Crippen LogP contribution in [0.2, 0.25) is 10.0 Å². The maximum Gasteiger partial charge on any atom is 0.234 e. The molecule has 10 heteroatoms. The first-order valence-electron chi connectivity index (χ1n) is 7.97. The molecule has 3 rings (SSSR count). The molecule has 0 fully saturated rings. The largest absolute Gasteiger partial charge is 0.492 e. The second-order valence-electron chi connectivity index (χ2n) is 5.21. The maximum atomic E-state index is 12.3. The van der Waals surface area contributed by atoms with Crippen LogP contribution in [-0.4, -0.2) is 38.5 Å². The number of aromatic nitrogens is 4. The van der Waals surface area contributed by atoms with Gasteiger partial charge < -0.3 is 10.1 Å². The minimum Gasteiger partial charge on any atom is -0.492 e. The summed E-state index contributed by atoms with van der Waals surface area (Å²) < 4.78 is 7.15. The predicted molar refractivity (Wildman–Crippen MR) is 106 cm³/mol. The van der Waals surface area contributed by atoms with Crippen LogP contribution in [0, 0.1) is 0 Å². The number of tetrazole rings is 1. The Kier molecular flexibility index (Phi) is 6.54. The van der Waals surface area contributed by atoms with Crippen molar-refractivity contribution in [1.29, 1.82) is 0 Å². The Morgan fingerprint density at radius 3 is 2.67 bits per heavy atom. The quantitative estimate of drug-likeness (QED) is 0.576. The lowest BCUT2D eigenvalue weighted by atomic mass is 10.3. The lowest BCUT2D eigenvalue weighted by Gasteiger charge is -2.11. The minimum atomic E-state index is -0.275. The smallest absolute Gasteiger partial charge is 0.234 e. The molecule has 7 nitrogen and oxygen atoms in total. The summed E-state index contributed by atoms with van der Waals surface area (Å²) in [6.07, 6.45) is 0. The van der Waals surface area contributed by atoms with Gasteiger partial charge in [-0.2, -0.15) is 4.68 Å². The van der Waals surface area contributed by atoms with Crippen LogP contribution in [0.5, 0.6) is 5.75 Å². The van der Waals surface area contributed by atoms with E-state index in [-0.39, 0.29) is 11.7 Å². The van der Waals surface area contributed by atoms with Crippen LogP contribution in [0.1, 0.15) is 6.92 Å².